The van der Waals surface area contributed by atoms with Gasteiger partial charge in [0.05, 0.1) is 25.6 Å². The molecule has 0 fully saturated rings. The van der Waals surface area contributed by atoms with E-state index in [1.54, 1.807) is 30.3 Å². The van der Waals surface area contributed by atoms with Crippen LogP contribution in [0, 0.1) is 6.92 Å². The zero-order valence-corrected chi connectivity index (χ0v) is 16.3. The number of methoxy groups -OCH3 is 2. The number of nitrogens with zero attached hydrogens (tertiary/aromatic N) is 2. The molecule has 0 radical (unpaired) electrons. The molecule has 150 valence electrons. The van der Waals surface area contributed by atoms with Gasteiger partial charge in [-0.2, -0.15) is 0 Å². The molecular formula is C21H21N3O5. The molecule has 0 atom stereocenters. The first-order chi connectivity index (χ1) is 13.9. The van der Waals surface area contributed by atoms with Crippen molar-refractivity contribution in [3.05, 3.63) is 81.1 Å². The van der Waals surface area contributed by atoms with Crippen LogP contribution in [0.3, 0.4) is 0 Å². The molecule has 1 amide bonds. The summed E-state index contributed by atoms with van der Waals surface area (Å²) in [6.45, 7) is 1.54. The van der Waals surface area contributed by atoms with E-state index in [0.29, 0.717) is 22.9 Å². The third-order valence-corrected chi connectivity index (χ3v) is 4.43. The highest BCUT2D eigenvalue weighted by Gasteiger charge is 2.13. The first kappa shape index (κ1) is 19.9. The minimum Gasteiger partial charge on any atom is -0.497 e. The fourth-order valence-corrected chi connectivity index (χ4v) is 2.90. The van der Waals surface area contributed by atoms with Crippen molar-refractivity contribution in [1.29, 1.82) is 0 Å². The van der Waals surface area contributed by atoms with E-state index in [0.717, 1.165) is 10.1 Å². The molecule has 0 spiro atoms. The lowest BCUT2D eigenvalue weighted by atomic mass is 10.2. The second kappa shape index (κ2) is 8.47. The molecule has 1 heterocycles. The molecule has 0 aliphatic carbocycles. The predicted octanol–water partition coefficient (Wildman–Crippen LogP) is 1.96. The standard InChI is InChI=1S/C21H21N3O5/c1-14-6-4-5-7-17(14)24-11-10-23(20(26)21(24)27)13-19(25)22-16-9-8-15(28-2)12-18(16)29-3/h4-12H,13H2,1-3H3,(H,22,25). The highest BCUT2D eigenvalue weighted by Crippen LogP contribution is 2.28. The molecule has 0 aliphatic heterocycles. The van der Waals surface area contributed by atoms with Crippen molar-refractivity contribution in [2.75, 3.05) is 19.5 Å². The van der Waals surface area contributed by atoms with E-state index in [-0.39, 0.29) is 6.54 Å². The Morgan fingerprint density at radius 2 is 1.76 bits per heavy atom. The van der Waals surface area contributed by atoms with Gasteiger partial charge in [0.2, 0.25) is 5.91 Å². The number of hydrogen-bond acceptors (Lipinski definition) is 5. The summed E-state index contributed by atoms with van der Waals surface area (Å²) in [5, 5.41) is 2.68. The third-order valence-electron chi connectivity index (χ3n) is 4.43. The number of carbonyl (C=O) groups excluding carboxylic acids is 1. The molecule has 1 N–H and O–H groups in total. The van der Waals surface area contributed by atoms with Gasteiger partial charge in [-0.15, -0.1) is 0 Å². The van der Waals surface area contributed by atoms with Crippen LogP contribution in [0.2, 0.25) is 0 Å². The van der Waals surface area contributed by atoms with Crippen LogP contribution >= 0.6 is 0 Å². The van der Waals surface area contributed by atoms with Crippen LogP contribution in [-0.4, -0.2) is 29.3 Å². The molecule has 2 aromatic carbocycles. The molecule has 0 saturated carbocycles. The lowest BCUT2D eigenvalue weighted by Gasteiger charge is -2.13. The average Bonchev–Trinajstić information content (AvgIpc) is 2.72. The van der Waals surface area contributed by atoms with Gasteiger partial charge in [0.25, 0.3) is 0 Å². The van der Waals surface area contributed by atoms with Gasteiger partial charge in [0.1, 0.15) is 18.0 Å². The van der Waals surface area contributed by atoms with Crippen LogP contribution in [0.5, 0.6) is 11.5 Å². The van der Waals surface area contributed by atoms with Gasteiger partial charge in [-0.3, -0.25) is 23.5 Å². The number of hydrogen-bond donors (Lipinski definition) is 1. The Bertz CT molecular complexity index is 1160. The van der Waals surface area contributed by atoms with Gasteiger partial charge in [-0.1, -0.05) is 18.2 Å². The Hall–Kier alpha value is -3.81. The second-order valence-corrected chi connectivity index (χ2v) is 6.31. The molecule has 1 aromatic heterocycles. The van der Waals surface area contributed by atoms with E-state index in [4.69, 9.17) is 9.47 Å². The maximum Gasteiger partial charge on any atom is 0.320 e. The van der Waals surface area contributed by atoms with Crippen LogP contribution in [0.4, 0.5) is 5.69 Å². The van der Waals surface area contributed by atoms with Crippen molar-refractivity contribution in [3.8, 4) is 17.2 Å². The number of aromatic nitrogens is 2. The number of rotatable bonds is 6. The smallest absolute Gasteiger partial charge is 0.320 e. The molecule has 29 heavy (non-hydrogen) atoms. The average molecular weight is 395 g/mol. The van der Waals surface area contributed by atoms with E-state index >= 15 is 0 Å². The second-order valence-electron chi connectivity index (χ2n) is 6.31. The normalized spacial score (nSPS) is 10.4. The maximum absolute atomic E-state index is 12.5. The molecule has 0 bridgehead atoms. The van der Waals surface area contributed by atoms with Crippen molar-refractivity contribution >= 4 is 11.6 Å². The third kappa shape index (κ3) is 4.21. The fourth-order valence-electron chi connectivity index (χ4n) is 2.90. The Kier molecular flexibility index (Phi) is 5.82. The lowest BCUT2D eigenvalue weighted by molar-refractivity contribution is -0.116. The zero-order valence-electron chi connectivity index (χ0n) is 16.3. The van der Waals surface area contributed by atoms with Crippen LogP contribution in [0.1, 0.15) is 5.56 Å². The minimum absolute atomic E-state index is 0.308. The monoisotopic (exact) mass is 395 g/mol. The van der Waals surface area contributed by atoms with Crippen molar-refractivity contribution in [2.24, 2.45) is 0 Å². The van der Waals surface area contributed by atoms with Gasteiger partial charge in [0.15, 0.2) is 0 Å². The van der Waals surface area contributed by atoms with Gasteiger partial charge < -0.3 is 14.8 Å². The number of ether oxygens (including phenoxy) is 2. The van der Waals surface area contributed by atoms with E-state index in [9.17, 15) is 14.4 Å². The molecular weight excluding hydrogens is 374 g/mol. The summed E-state index contributed by atoms with van der Waals surface area (Å²) in [7, 11) is 3.00. The maximum atomic E-state index is 12.5. The van der Waals surface area contributed by atoms with E-state index in [2.05, 4.69) is 5.32 Å². The highest BCUT2D eigenvalue weighted by molar-refractivity contribution is 5.92. The summed E-state index contributed by atoms with van der Waals surface area (Å²) < 4.78 is 12.7. The van der Waals surface area contributed by atoms with E-state index in [1.165, 1.54) is 31.2 Å². The van der Waals surface area contributed by atoms with Crippen LogP contribution in [0.15, 0.2) is 64.4 Å². The molecule has 0 saturated heterocycles. The Morgan fingerprint density at radius 1 is 1.00 bits per heavy atom. The zero-order chi connectivity index (χ0) is 21.0. The Morgan fingerprint density at radius 3 is 2.45 bits per heavy atom. The molecule has 8 heteroatoms. The quantitative estimate of drug-likeness (QED) is 0.645. The summed E-state index contributed by atoms with van der Waals surface area (Å²) >= 11 is 0. The summed E-state index contributed by atoms with van der Waals surface area (Å²) in [4.78, 5) is 37.4. The number of carbonyl (C=O) groups is 1. The summed E-state index contributed by atoms with van der Waals surface area (Å²) in [6.07, 6.45) is 2.90. The van der Waals surface area contributed by atoms with Crippen molar-refractivity contribution in [3.63, 3.8) is 0 Å². The number of benzene rings is 2. The predicted molar refractivity (Wildman–Crippen MR) is 109 cm³/mol. The number of aryl methyl sites for hydroxylation is 1. The summed E-state index contributed by atoms with van der Waals surface area (Å²) in [6, 6.07) is 12.2. The molecule has 8 nitrogen and oxygen atoms in total. The van der Waals surface area contributed by atoms with Gasteiger partial charge in [0, 0.05) is 18.5 Å². The molecule has 3 rings (SSSR count). The minimum atomic E-state index is -0.785. The fraction of sp³-hybridized carbons (Fsp3) is 0.190. The van der Waals surface area contributed by atoms with Crippen LogP contribution < -0.4 is 25.9 Å². The molecule has 3 aromatic rings. The van der Waals surface area contributed by atoms with E-state index in [1.807, 2.05) is 19.1 Å². The van der Waals surface area contributed by atoms with Gasteiger partial charge in [-0.25, -0.2) is 0 Å². The number of nitrogens with one attached hydrogen (secondary N) is 1. The van der Waals surface area contributed by atoms with Crippen LogP contribution in [-0.2, 0) is 11.3 Å². The Labute approximate surface area is 166 Å². The van der Waals surface area contributed by atoms with Crippen molar-refractivity contribution < 1.29 is 14.3 Å². The van der Waals surface area contributed by atoms with E-state index < -0.39 is 17.0 Å². The summed E-state index contributed by atoms with van der Waals surface area (Å²) in [5.41, 5.74) is 0.397. The SMILES string of the molecule is COc1ccc(NC(=O)Cn2ccn(-c3ccccc3C)c(=O)c2=O)c(OC)c1. The highest BCUT2D eigenvalue weighted by atomic mass is 16.5. The number of amides is 1. The number of para-hydroxylation sites is 1. The first-order valence-electron chi connectivity index (χ1n) is 8.84. The van der Waals surface area contributed by atoms with Crippen molar-refractivity contribution in [1.82, 2.24) is 9.13 Å². The topological polar surface area (TPSA) is 91.6 Å². The first-order valence-corrected chi connectivity index (χ1v) is 8.84. The van der Waals surface area contributed by atoms with Gasteiger partial charge >= 0.3 is 11.1 Å². The lowest BCUT2D eigenvalue weighted by Crippen LogP contribution is -2.41. The Balaban J connectivity index is 1.83. The molecule has 0 aliphatic rings. The van der Waals surface area contributed by atoms with Gasteiger partial charge in [-0.05, 0) is 30.7 Å². The van der Waals surface area contributed by atoms with Crippen molar-refractivity contribution in [2.45, 2.75) is 13.5 Å². The number of anilines is 1. The largest absolute Gasteiger partial charge is 0.497 e. The van der Waals surface area contributed by atoms with Crippen LogP contribution in [0.25, 0.3) is 5.69 Å². The molecule has 0 unspecified atom stereocenters. The summed E-state index contributed by atoms with van der Waals surface area (Å²) in [5.74, 6) is 0.527.